The highest BCUT2D eigenvalue weighted by Gasteiger charge is 2.13. The topological polar surface area (TPSA) is 109 Å². The van der Waals surface area contributed by atoms with Gasteiger partial charge in [0.05, 0.1) is 25.7 Å². The molecule has 4 rings (SSSR count). The molecule has 132 valence electrons. The largest absolute Gasteiger partial charge is 0.379 e. The molecule has 0 atom stereocenters. The minimum absolute atomic E-state index is 0.483. The molecule has 1 fully saturated rings. The average molecular weight is 343 g/mol. The van der Waals surface area contributed by atoms with Gasteiger partial charge >= 0.3 is 0 Å². The Bertz CT molecular complexity index is 837. The zero-order valence-electron chi connectivity index (χ0n) is 14.1. The Kier molecular flexibility index (Phi) is 4.44. The summed E-state index contributed by atoms with van der Waals surface area (Å²) in [5.74, 6) is 2.03. The lowest BCUT2D eigenvalue weighted by atomic mass is 10.4. The first-order valence-electron chi connectivity index (χ1n) is 8.30. The maximum absolute atomic E-state index is 5.38. The summed E-state index contributed by atoms with van der Waals surface area (Å²) in [7, 11) is 1.86. The Hall–Kier alpha value is -2.72. The first-order valence-corrected chi connectivity index (χ1v) is 8.30. The van der Waals surface area contributed by atoms with E-state index in [2.05, 4.69) is 40.6 Å². The Morgan fingerprint density at radius 1 is 1.28 bits per heavy atom. The second-order valence-electron chi connectivity index (χ2n) is 5.84. The van der Waals surface area contributed by atoms with Crippen molar-refractivity contribution in [3.63, 3.8) is 0 Å². The fraction of sp³-hybridized carbons (Fsp3) is 0.467. The number of anilines is 3. The van der Waals surface area contributed by atoms with Crippen LogP contribution in [0.2, 0.25) is 0 Å². The lowest BCUT2D eigenvalue weighted by molar-refractivity contribution is 0.0398. The monoisotopic (exact) mass is 343 g/mol. The Morgan fingerprint density at radius 2 is 2.16 bits per heavy atom. The fourth-order valence-electron chi connectivity index (χ4n) is 2.79. The first-order chi connectivity index (χ1) is 12.3. The van der Waals surface area contributed by atoms with Gasteiger partial charge in [0.1, 0.15) is 11.3 Å². The molecule has 10 nitrogen and oxygen atoms in total. The molecule has 1 saturated heterocycles. The number of aromatic amines is 1. The lowest BCUT2D eigenvalue weighted by Gasteiger charge is -2.26. The molecule has 0 radical (unpaired) electrons. The van der Waals surface area contributed by atoms with Crippen LogP contribution < -0.4 is 10.6 Å². The number of nitrogens with zero attached hydrogens (tertiary/aromatic N) is 6. The molecule has 10 heteroatoms. The van der Waals surface area contributed by atoms with E-state index in [1.165, 1.54) is 0 Å². The Morgan fingerprint density at radius 3 is 2.96 bits per heavy atom. The zero-order chi connectivity index (χ0) is 17.1. The van der Waals surface area contributed by atoms with E-state index in [1.54, 1.807) is 17.2 Å². The van der Waals surface area contributed by atoms with E-state index in [0.29, 0.717) is 11.6 Å². The molecular weight excluding hydrogens is 322 g/mol. The van der Waals surface area contributed by atoms with Crippen molar-refractivity contribution in [1.82, 2.24) is 34.6 Å². The molecule has 1 aliphatic rings. The summed E-state index contributed by atoms with van der Waals surface area (Å²) >= 11 is 0. The highest BCUT2D eigenvalue weighted by Crippen LogP contribution is 2.20. The molecule has 0 amide bonds. The Labute approximate surface area is 144 Å². The van der Waals surface area contributed by atoms with Crippen LogP contribution in [0.3, 0.4) is 0 Å². The number of imidazole rings is 1. The predicted molar refractivity (Wildman–Crippen MR) is 93.9 cm³/mol. The smallest absolute Gasteiger partial charge is 0.232 e. The van der Waals surface area contributed by atoms with Gasteiger partial charge in [0, 0.05) is 39.3 Å². The number of H-pyrrole nitrogens is 1. The molecule has 0 unspecified atom stereocenters. The van der Waals surface area contributed by atoms with E-state index in [9.17, 15) is 0 Å². The molecule has 3 aromatic heterocycles. The molecule has 0 saturated carbocycles. The number of hydrogen-bond acceptors (Lipinski definition) is 8. The van der Waals surface area contributed by atoms with Gasteiger partial charge in [-0.3, -0.25) is 9.58 Å². The zero-order valence-corrected chi connectivity index (χ0v) is 14.1. The van der Waals surface area contributed by atoms with Crippen LogP contribution in [-0.4, -0.2) is 74.0 Å². The van der Waals surface area contributed by atoms with Crippen molar-refractivity contribution in [1.29, 1.82) is 0 Å². The quantitative estimate of drug-likeness (QED) is 0.596. The van der Waals surface area contributed by atoms with Gasteiger partial charge in [-0.05, 0) is 0 Å². The number of aromatic nitrogens is 6. The van der Waals surface area contributed by atoms with Crippen LogP contribution in [0.25, 0.3) is 11.2 Å². The van der Waals surface area contributed by atoms with E-state index >= 15 is 0 Å². The minimum Gasteiger partial charge on any atom is -0.379 e. The summed E-state index contributed by atoms with van der Waals surface area (Å²) in [6, 6.07) is 1.86. The van der Waals surface area contributed by atoms with Crippen molar-refractivity contribution in [3.8, 4) is 0 Å². The van der Waals surface area contributed by atoms with Crippen molar-refractivity contribution in [3.05, 3.63) is 18.6 Å². The van der Waals surface area contributed by atoms with Gasteiger partial charge < -0.3 is 20.4 Å². The number of nitrogens with one attached hydrogen (secondary N) is 3. The molecule has 0 aliphatic carbocycles. The third-order valence-corrected chi connectivity index (χ3v) is 4.17. The van der Waals surface area contributed by atoms with Gasteiger partial charge in [0.2, 0.25) is 5.95 Å². The van der Waals surface area contributed by atoms with Crippen molar-refractivity contribution in [2.45, 2.75) is 0 Å². The maximum Gasteiger partial charge on any atom is 0.232 e. The minimum atomic E-state index is 0.483. The number of morpholine rings is 1. The number of hydrogen-bond donors (Lipinski definition) is 3. The third-order valence-electron chi connectivity index (χ3n) is 4.17. The van der Waals surface area contributed by atoms with Crippen LogP contribution in [0.1, 0.15) is 0 Å². The third kappa shape index (κ3) is 3.54. The van der Waals surface area contributed by atoms with Crippen LogP contribution in [0.4, 0.5) is 17.6 Å². The van der Waals surface area contributed by atoms with E-state index in [4.69, 9.17) is 4.74 Å². The van der Waals surface area contributed by atoms with Crippen molar-refractivity contribution < 1.29 is 4.74 Å². The average Bonchev–Trinajstić information content (AvgIpc) is 3.25. The standard InChI is InChI=1S/C15H21N9O/c1-23-11(2-3-19-23)20-15-21-13(12-14(22-15)18-10-17-12)16-4-5-24-6-8-25-9-7-24/h2-3,10H,4-9H2,1H3,(H3,16,17,18,20,21,22). The molecule has 25 heavy (non-hydrogen) atoms. The van der Waals surface area contributed by atoms with Gasteiger partial charge in [-0.1, -0.05) is 0 Å². The molecular formula is C15H21N9O. The van der Waals surface area contributed by atoms with Crippen molar-refractivity contribution >= 4 is 28.7 Å². The van der Waals surface area contributed by atoms with Gasteiger partial charge in [0.25, 0.3) is 0 Å². The predicted octanol–water partition coefficient (Wildman–Crippen LogP) is 0.574. The van der Waals surface area contributed by atoms with E-state index in [0.717, 1.165) is 56.5 Å². The van der Waals surface area contributed by atoms with Crippen LogP contribution in [-0.2, 0) is 11.8 Å². The van der Waals surface area contributed by atoms with Crippen LogP contribution >= 0.6 is 0 Å². The molecule has 0 bridgehead atoms. The van der Waals surface area contributed by atoms with Crippen LogP contribution in [0.15, 0.2) is 18.6 Å². The first kappa shape index (κ1) is 15.8. The molecule has 0 spiro atoms. The summed E-state index contributed by atoms with van der Waals surface area (Å²) in [5, 5.41) is 10.7. The van der Waals surface area contributed by atoms with Gasteiger partial charge in [-0.25, -0.2) is 4.98 Å². The van der Waals surface area contributed by atoms with Gasteiger partial charge in [0.15, 0.2) is 11.5 Å². The normalized spacial score (nSPS) is 15.6. The highest BCUT2D eigenvalue weighted by atomic mass is 16.5. The van der Waals surface area contributed by atoms with Crippen LogP contribution in [0, 0.1) is 0 Å². The summed E-state index contributed by atoms with van der Waals surface area (Å²) in [6.45, 7) is 5.27. The number of aryl methyl sites for hydroxylation is 1. The molecule has 4 heterocycles. The second kappa shape index (κ2) is 7.03. The summed E-state index contributed by atoms with van der Waals surface area (Å²) < 4.78 is 7.10. The van der Waals surface area contributed by atoms with Gasteiger partial charge in [-0.15, -0.1) is 0 Å². The van der Waals surface area contributed by atoms with E-state index in [1.807, 2.05) is 13.1 Å². The molecule has 3 N–H and O–H groups in total. The molecule has 0 aromatic carbocycles. The van der Waals surface area contributed by atoms with Crippen LogP contribution in [0.5, 0.6) is 0 Å². The van der Waals surface area contributed by atoms with E-state index < -0.39 is 0 Å². The van der Waals surface area contributed by atoms with Crippen molar-refractivity contribution in [2.75, 3.05) is 50.0 Å². The fourth-order valence-corrected chi connectivity index (χ4v) is 2.79. The van der Waals surface area contributed by atoms with Gasteiger partial charge in [-0.2, -0.15) is 15.1 Å². The number of fused-ring (bicyclic) bond motifs is 1. The number of ether oxygens (including phenoxy) is 1. The number of rotatable bonds is 6. The summed E-state index contributed by atoms with van der Waals surface area (Å²) in [5.41, 5.74) is 1.42. The van der Waals surface area contributed by atoms with Crippen molar-refractivity contribution in [2.24, 2.45) is 7.05 Å². The summed E-state index contributed by atoms with van der Waals surface area (Å²) in [6.07, 6.45) is 3.34. The van der Waals surface area contributed by atoms with E-state index in [-0.39, 0.29) is 0 Å². The highest BCUT2D eigenvalue weighted by molar-refractivity contribution is 5.84. The Balaban J connectivity index is 1.48. The lowest BCUT2D eigenvalue weighted by Crippen LogP contribution is -2.39. The second-order valence-corrected chi connectivity index (χ2v) is 5.84. The summed E-state index contributed by atoms with van der Waals surface area (Å²) in [4.78, 5) is 18.7. The SMILES string of the molecule is Cn1nccc1Nc1nc(NCCN2CCOCC2)c2[nH]cnc2n1. The molecule has 1 aliphatic heterocycles. The molecule has 3 aromatic rings. The maximum atomic E-state index is 5.38.